The molecule has 2 aromatic rings. The Hall–Kier alpha value is -1.52. The average molecular weight is 200 g/mol. The van der Waals surface area contributed by atoms with Gasteiger partial charge < -0.3 is 4.98 Å². The molecule has 2 nitrogen and oxygen atoms in total. The third-order valence-corrected chi connectivity index (χ3v) is 2.16. The molecule has 2 aromatic heterocycles. The molecule has 0 saturated heterocycles. The largest absolute Gasteiger partial charge is 0.418 e. The first-order valence-electron chi connectivity index (χ1n) is 4.00. The monoisotopic (exact) mass is 200 g/mol. The number of nitrogens with zero attached hydrogens (tertiary/aromatic N) is 1. The summed E-state index contributed by atoms with van der Waals surface area (Å²) in [6, 6.07) is 1.59. The number of aromatic amines is 1. The third-order valence-electron chi connectivity index (χ3n) is 2.16. The highest BCUT2D eigenvalue weighted by atomic mass is 19.4. The van der Waals surface area contributed by atoms with E-state index in [1.54, 1.807) is 12.3 Å². The molecule has 0 saturated carbocycles. The fourth-order valence-electron chi connectivity index (χ4n) is 1.43. The normalized spacial score (nSPS) is 12.3. The van der Waals surface area contributed by atoms with Gasteiger partial charge in [-0.05, 0) is 18.6 Å². The van der Waals surface area contributed by atoms with E-state index in [-0.39, 0.29) is 5.56 Å². The van der Waals surface area contributed by atoms with Gasteiger partial charge in [0, 0.05) is 17.8 Å². The highest BCUT2D eigenvalue weighted by Gasteiger charge is 2.33. The van der Waals surface area contributed by atoms with Gasteiger partial charge in [-0.25, -0.2) is 4.98 Å². The molecule has 1 N–H and O–H groups in total. The molecule has 0 aliphatic heterocycles. The van der Waals surface area contributed by atoms with Crippen LogP contribution >= 0.6 is 0 Å². The Morgan fingerprint density at radius 2 is 2.07 bits per heavy atom. The molecule has 0 fully saturated rings. The van der Waals surface area contributed by atoms with Crippen molar-refractivity contribution in [3.63, 3.8) is 0 Å². The number of hydrogen-bond donors (Lipinski definition) is 1. The second-order valence-electron chi connectivity index (χ2n) is 3.03. The number of aryl methyl sites for hydroxylation is 1. The molecule has 5 heteroatoms. The number of hydrogen-bond acceptors (Lipinski definition) is 1. The molecule has 2 heterocycles. The van der Waals surface area contributed by atoms with Crippen LogP contribution in [0.15, 0.2) is 18.5 Å². The molecule has 0 unspecified atom stereocenters. The fourth-order valence-corrected chi connectivity index (χ4v) is 1.43. The van der Waals surface area contributed by atoms with Crippen molar-refractivity contribution in [2.45, 2.75) is 13.1 Å². The Morgan fingerprint density at radius 3 is 2.71 bits per heavy atom. The van der Waals surface area contributed by atoms with Crippen LogP contribution in [0.3, 0.4) is 0 Å². The maximum absolute atomic E-state index is 12.4. The highest BCUT2D eigenvalue weighted by molar-refractivity contribution is 5.80. The van der Waals surface area contributed by atoms with E-state index < -0.39 is 11.7 Å². The number of aromatic nitrogens is 2. The lowest BCUT2D eigenvalue weighted by molar-refractivity contribution is -0.138. The van der Waals surface area contributed by atoms with E-state index in [2.05, 4.69) is 9.97 Å². The first-order valence-corrected chi connectivity index (χ1v) is 4.00. The smallest absolute Gasteiger partial charge is 0.346 e. The van der Waals surface area contributed by atoms with Gasteiger partial charge in [0.2, 0.25) is 0 Å². The van der Waals surface area contributed by atoms with Gasteiger partial charge in [0.1, 0.15) is 5.65 Å². The zero-order chi connectivity index (χ0) is 10.3. The summed E-state index contributed by atoms with van der Waals surface area (Å²) in [6.45, 7) is 1.45. The van der Waals surface area contributed by atoms with Crippen molar-refractivity contribution in [1.82, 2.24) is 9.97 Å². The lowest BCUT2D eigenvalue weighted by atomic mass is 10.1. The van der Waals surface area contributed by atoms with E-state index in [1.807, 2.05) is 0 Å². The molecule has 0 atom stereocenters. The Balaban J connectivity index is 2.74. The first kappa shape index (κ1) is 9.05. The average Bonchev–Trinajstić information content (AvgIpc) is 2.50. The van der Waals surface area contributed by atoms with Crippen molar-refractivity contribution in [3.05, 3.63) is 29.6 Å². The molecule has 0 bridgehead atoms. The van der Waals surface area contributed by atoms with Crippen molar-refractivity contribution in [3.8, 4) is 0 Å². The number of halogens is 3. The Labute approximate surface area is 77.8 Å². The summed E-state index contributed by atoms with van der Waals surface area (Å²) < 4.78 is 37.3. The fraction of sp³-hybridized carbons (Fsp3) is 0.222. The van der Waals surface area contributed by atoms with Crippen LogP contribution in [0.25, 0.3) is 11.0 Å². The minimum Gasteiger partial charge on any atom is -0.346 e. The topological polar surface area (TPSA) is 28.7 Å². The molecule has 0 radical (unpaired) electrons. The van der Waals surface area contributed by atoms with E-state index in [1.165, 1.54) is 6.92 Å². The molecule has 74 valence electrons. The minimum atomic E-state index is -4.33. The SMILES string of the molecule is Cc1c(C(F)(F)F)cnc2[nH]ccc12. The summed E-state index contributed by atoms with van der Waals surface area (Å²) in [5, 5.41) is 0.514. The van der Waals surface area contributed by atoms with Gasteiger partial charge in [-0.15, -0.1) is 0 Å². The first-order chi connectivity index (χ1) is 6.50. The predicted octanol–water partition coefficient (Wildman–Crippen LogP) is 2.89. The zero-order valence-corrected chi connectivity index (χ0v) is 7.31. The number of H-pyrrole nitrogens is 1. The molecule has 14 heavy (non-hydrogen) atoms. The highest BCUT2D eigenvalue weighted by Crippen LogP contribution is 2.33. The maximum atomic E-state index is 12.4. The molecule has 0 spiro atoms. The van der Waals surface area contributed by atoms with Gasteiger partial charge in [-0.3, -0.25) is 0 Å². The van der Waals surface area contributed by atoms with Crippen LogP contribution in [0.4, 0.5) is 13.2 Å². The van der Waals surface area contributed by atoms with E-state index in [4.69, 9.17) is 0 Å². The third kappa shape index (κ3) is 1.25. The molecular weight excluding hydrogens is 193 g/mol. The molecule has 0 aromatic carbocycles. The zero-order valence-electron chi connectivity index (χ0n) is 7.31. The van der Waals surface area contributed by atoms with E-state index in [0.717, 1.165) is 6.20 Å². The van der Waals surface area contributed by atoms with Gasteiger partial charge >= 0.3 is 6.18 Å². The molecule has 0 aliphatic rings. The number of rotatable bonds is 0. The van der Waals surface area contributed by atoms with Crippen LogP contribution < -0.4 is 0 Å². The van der Waals surface area contributed by atoms with Crippen LogP contribution in [-0.2, 0) is 6.18 Å². The lowest BCUT2D eigenvalue weighted by Gasteiger charge is -2.09. The minimum absolute atomic E-state index is 0.212. The van der Waals surface area contributed by atoms with Crippen LogP contribution in [-0.4, -0.2) is 9.97 Å². The van der Waals surface area contributed by atoms with Crippen LogP contribution in [0.5, 0.6) is 0 Å². The van der Waals surface area contributed by atoms with Crippen molar-refractivity contribution in [2.75, 3.05) is 0 Å². The van der Waals surface area contributed by atoms with E-state index in [0.29, 0.717) is 11.0 Å². The number of pyridine rings is 1. The molecule has 2 rings (SSSR count). The second-order valence-corrected chi connectivity index (χ2v) is 3.03. The standard InChI is InChI=1S/C9H7F3N2/c1-5-6-2-3-13-8(6)14-4-7(5)9(10,11)12/h2-4H,1H3,(H,13,14). The quantitative estimate of drug-likeness (QED) is 0.695. The summed E-state index contributed by atoms with van der Waals surface area (Å²) in [5.74, 6) is 0. The number of alkyl halides is 3. The van der Waals surface area contributed by atoms with Crippen molar-refractivity contribution in [1.29, 1.82) is 0 Å². The van der Waals surface area contributed by atoms with E-state index >= 15 is 0 Å². The van der Waals surface area contributed by atoms with Gasteiger partial charge in [0.05, 0.1) is 5.56 Å². The van der Waals surface area contributed by atoms with Crippen LogP contribution in [0, 0.1) is 6.92 Å². The van der Waals surface area contributed by atoms with Gasteiger partial charge in [-0.1, -0.05) is 0 Å². The summed E-state index contributed by atoms with van der Waals surface area (Å²) in [5.41, 5.74) is 0.0175. The number of fused-ring (bicyclic) bond motifs is 1. The van der Waals surface area contributed by atoms with Gasteiger partial charge in [0.15, 0.2) is 0 Å². The summed E-state index contributed by atoms with van der Waals surface area (Å²) in [7, 11) is 0. The molecule has 0 amide bonds. The maximum Gasteiger partial charge on any atom is 0.418 e. The summed E-state index contributed by atoms with van der Waals surface area (Å²) in [6.07, 6.45) is -1.90. The summed E-state index contributed by atoms with van der Waals surface area (Å²) in [4.78, 5) is 6.45. The Bertz CT molecular complexity index is 470. The molecule has 0 aliphatic carbocycles. The van der Waals surface area contributed by atoms with Crippen molar-refractivity contribution in [2.24, 2.45) is 0 Å². The van der Waals surface area contributed by atoms with E-state index in [9.17, 15) is 13.2 Å². The second kappa shape index (κ2) is 2.73. The van der Waals surface area contributed by atoms with Crippen molar-refractivity contribution < 1.29 is 13.2 Å². The van der Waals surface area contributed by atoms with Crippen LogP contribution in [0.1, 0.15) is 11.1 Å². The Morgan fingerprint density at radius 1 is 1.36 bits per heavy atom. The molecular formula is C9H7F3N2. The van der Waals surface area contributed by atoms with Crippen molar-refractivity contribution >= 4 is 11.0 Å². The Kier molecular flexibility index (Phi) is 1.77. The number of nitrogens with one attached hydrogen (secondary N) is 1. The summed E-state index contributed by atoms with van der Waals surface area (Å²) >= 11 is 0. The predicted molar refractivity (Wildman–Crippen MR) is 45.8 cm³/mol. The lowest BCUT2D eigenvalue weighted by Crippen LogP contribution is -2.08. The van der Waals surface area contributed by atoms with Gasteiger partial charge in [0.25, 0.3) is 0 Å². The van der Waals surface area contributed by atoms with Gasteiger partial charge in [-0.2, -0.15) is 13.2 Å². The van der Waals surface area contributed by atoms with Crippen LogP contribution in [0.2, 0.25) is 0 Å².